The molecule has 0 aliphatic rings. The Morgan fingerprint density at radius 3 is 2.83 bits per heavy atom. The molecule has 0 fully saturated rings. The highest BCUT2D eigenvalue weighted by atomic mass is 16.1. The van der Waals surface area contributed by atoms with Crippen LogP contribution in [0.4, 0.5) is 11.5 Å². The fourth-order valence-electron chi connectivity index (χ4n) is 3.16. The summed E-state index contributed by atoms with van der Waals surface area (Å²) < 4.78 is 0. The van der Waals surface area contributed by atoms with Crippen LogP contribution >= 0.6 is 0 Å². The number of H-pyrrole nitrogens is 1. The Morgan fingerprint density at radius 1 is 1.14 bits per heavy atom. The predicted molar refractivity (Wildman–Crippen MR) is 114 cm³/mol. The molecule has 7 heteroatoms. The highest BCUT2D eigenvalue weighted by Gasteiger charge is 2.11. The van der Waals surface area contributed by atoms with E-state index in [1.807, 2.05) is 57.3 Å². The van der Waals surface area contributed by atoms with Crippen molar-refractivity contribution in [3.63, 3.8) is 0 Å². The zero-order valence-electron chi connectivity index (χ0n) is 16.5. The molecule has 0 radical (unpaired) electrons. The van der Waals surface area contributed by atoms with Gasteiger partial charge >= 0.3 is 0 Å². The van der Waals surface area contributed by atoms with E-state index in [1.54, 1.807) is 18.6 Å². The first-order valence-electron chi connectivity index (χ1n) is 9.40. The third kappa shape index (κ3) is 4.08. The summed E-state index contributed by atoms with van der Waals surface area (Å²) >= 11 is 0. The van der Waals surface area contributed by atoms with Gasteiger partial charge in [0.15, 0.2) is 5.65 Å². The van der Waals surface area contributed by atoms with Crippen LogP contribution in [0.5, 0.6) is 0 Å². The number of carbonyl (C=O) groups is 1. The number of carbonyl (C=O) groups excluding carboxylic acids is 1. The Balaban J connectivity index is 1.49. The largest absolute Gasteiger partial charge is 0.362 e. The van der Waals surface area contributed by atoms with E-state index in [1.165, 1.54) is 0 Å². The van der Waals surface area contributed by atoms with E-state index in [2.05, 4.69) is 30.6 Å². The second-order valence-electron chi connectivity index (χ2n) is 7.12. The number of benzene rings is 1. The molecular formula is C22H22N6O. The third-order valence-corrected chi connectivity index (χ3v) is 4.72. The maximum Gasteiger partial charge on any atom is 0.257 e. The van der Waals surface area contributed by atoms with E-state index >= 15 is 0 Å². The molecule has 0 aliphatic carbocycles. The maximum absolute atomic E-state index is 12.5. The molecule has 29 heavy (non-hydrogen) atoms. The van der Waals surface area contributed by atoms with Crippen molar-refractivity contribution in [2.75, 3.05) is 10.6 Å². The number of hydrogen-bond donors (Lipinski definition) is 3. The van der Waals surface area contributed by atoms with Crippen LogP contribution in [-0.4, -0.2) is 25.8 Å². The molecule has 1 atom stereocenters. The summed E-state index contributed by atoms with van der Waals surface area (Å²) in [5, 5.41) is 6.31. The molecule has 0 saturated carbocycles. The van der Waals surface area contributed by atoms with Gasteiger partial charge in [0.25, 0.3) is 5.91 Å². The number of aromatic nitrogens is 4. The number of nitrogens with one attached hydrogen (secondary N) is 3. The molecule has 1 aromatic carbocycles. The maximum atomic E-state index is 12.5. The summed E-state index contributed by atoms with van der Waals surface area (Å²) in [5.41, 5.74) is 5.92. The zero-order valence-corrected chi connectivity index (χ0v) is 16.5. The van der Waals surface area contributed by atoms with E-state index in [4.69, 9.17) is 0 Å². The van der Waals surface area contributed by atoms with Gasteiger partial charge in [0.1, 0.15) is 11.3 Å². The van der Waals surface area contributed by atoms with Crippen LogP contribution < -0.4 is 10.6 Å². The van der Waals surface area contributed by atoms with Crippen molar-refractivity contribution in [1.82, 2.24) is 19.9 Å². The van der Waals surface area contributed by atoms with Crippen molar-refractivity contribution in [3.8, 4) is 0 Å². The third-order valence-electron chi connectivity index (χ3n) is 4.72. The molecule has 0 saturated heterocycles. The van der Waals surface area contributed by atoms with Crippen LogP contribution in [0.2, 0.25) is 0 Å². The Bertz CT molecular complexity index is 1180. The minimum Gasteiger partial charge on any atom is -0.362 e. The topological polar surface area (TPSA) is 95.6 Å². The molecule has 0 bridgehead atoms. The molecule has 3 aromatic heterocycles. The van der Waals surface area contributed by atoms with Gasteiger partial charge in [-0.05, 0) is 55.7 Å². The fraction of sp³-hybridized carbons (Fsp3) is 0.182. The SMILES string of the molecule is Cc1cncc(C(=O)Nc2cccc(C(C)Nc3cnc4[nH]cc(C)c4n3)c2)c1. The standard InChI is InChI=1S/C22H22N6O/c1-13-7-17(11-23-9-13)22(29)27-18-6-4-5-16(8-18)15(3)26-19-12-25-21-20(28-19)14(2)10-24-21/h4-12,15H,1-3H3,(H,24,25)(H,26,28)(H,27,29). The molecule has 4 aromatic rings. The van der Waals surface area contributed by atoms with Gasteiger partial charge in [0.2, 0.25) is 0 Å². The van der Waals surface area contributed by atoms with Gasteiger partial charge in [-0.1, -0.05) is 12.1 Å². The predicted octanol–water partition coefficient (Wildman–Crippen LogP) is 4.40. The summed E-state index contributed by atoms with van der Waals surface area (Å²) in [6, 6.07) is 9.54. The Morgan fingerprint density at radius 2 is 2.00 bits per heavy atom. The van der Waals surface area contributed by atoms with Gasteiger partial charge in [0, 0.05) is 24.3 Å². The number of nitrogens with zero attached hydrogens (tertiary/aromatic N) is 3. The van der Waals surface area contributed by atoms with Gasteiger partial charge in [0.05, 0.1) is 17.8 Å². The van der Waals surface area contributed by atoms with Crippen molar-refractivity contribution in [1.29, 1.82) is 0 Å². The van der Waals surface area contributed by atoms with E-state index < -0.39 is 0 Å². The Kier molecular flexibility index (Phi) is 4.95. The summed E-state index contributed by atoms with van der Waals surface area (Å²) in [5.74, 6) is 0.520. The lowest BCUT2D eigenvalue weighted by Gasteiger charge is -2.16. The lowest BCUT2D eigenvalue weighted by molar-refractivity contribution is 0.102. The van der Waals surface area contributed by atoms with Crippen molar-refractivity contribution in [2.45, 2.75) is 26.8 Å². The van der Waals surface area contributed by atoms with Crippen molar-refractivity contribution in [2.24, 2.45) is 0 Å². The molecule has 1 amide bonds. The minimum absolute atomic E-state index is 0.0153. The molecule has 146 valence electrons. The van der Waals surface area contributed by atoms with E-state index in [-0.39, 0.29) is 11.9 Å². The number of amides is 1. The average Bonchev–Trinajstić information content (AvgIpc) is 3.08. The van der Waals surface area contributed by atoms with Crippen LogP contribution in [0.25, 0.3) is 11.2 Å². The Hall–Kier alpha value is -3.74. The molecule has 0 spiro atoms. The number of hydrogen-bond acceptors (Lipinski definition) is 5. The molecule has 7 nitrogen and oxygen atoms in total. The van der Waals surface area contributed by atoms with E-state index in [9.17, 15) is 4.79 Å². The highest BCUT2D eigenvalue weighted by Crippen LogP contribution is 2.23. The number of aromatic amines is 1. The molecule has 3 heterocycles. The number of anilines is 2. The van der Waals surface area contributed by atoms with Gasteiger partial charge in [-0.3, -0.25) is 9.78 Å². The van der Waals surface area contributed by atoms with Gasteiger partial charge in [-0.15, -0.1) is 0 Å². The highest BCUT2D eigenvalue weighted by molar-refractivity contribution is 6.04. The first-order valence-corrected chi connectivity index (χ1v) is 9.40. The molecule has 3 N–H and O–H groups in total. The first-order chi connectivity index (χ1) is 14.0. The van der Waals surface area contributed by atoms with Crippen LogP contribution in [0.3, 0.4) is 0 Å². The average molecular weight is 386 g/mol. The van der Waals surface area contributed by atoms with Crippen LogP contribution in [0.1, 0.15) is 40.0 Å². The van der Waals surface area contributed by atoms with E-state index in [0.717, 1.165) is 33.5 Å². The minimum atomic E-state index is -0.182. The monoisotopic (exact) mass is 386 g/mol. The van der Waals surface area contributed by atoms with Gasteiger partial charge < -0.3 is 15.6 Å². The lowest BCUT2D eigenvalue weighted by atomic mass is 10.1. The lowest BCUT2D eigenvalue weighted by Crippen LogP contribution is -2.13. The second kappa shape index (κ2) is 7.71. The van der Waals surface area contributed by atoms with Gasteiger partial charge in [-0.2, -0.15) is 0 Å². The normalized spacial score (nSPS) is 12.0. The summed E-state index contributed by atoms with van der Waals surface area (Å²) in [4.78, 5) is 28.7. The molecule has 4 rings (SSSR count). The number of pyridine rings is 1. The first kappa shape index (κ1) is 18.6. The smallest absolute Gasteiger partial charge is 0.257 e. The van der Waals surface area contributed by atoms with Gasteiger partial charge in [-0.25, -0.2) is 9.97 Å². The zero-order chi connectivity index (χ0) is 20.4. The fourth-order valence-corrected chi connectivity index (χ4v) is 3.16. The van der Waals surface area contributed by atoms with Crippen molar-refractivity contribution < 1.29 is 4.79 Å². The number of rotatable bonds is 5. The molecule has 0 aliphatic heterocycles. The van der Waals surface area contributed by atoms with Crippen molar-refractivity contribution in [3.05, 3.63) is 77.4 Å². The van der Waals surface area contributed by atoms with Crippen LogP contribution in [-0.2, 0) is 0 Å². The molecule has 1 unspecified atom stereocenters. The molecular weight excluding hydrogens is 364 g/mol. The quantitative estimate of drug-likeness (QED) is 0.473. The van der Waals surface area contributed by atoms with E-state index in [0.29, 0.717) is 11.4 Å². The van der Waals surface area contributed by atoms with Crippen molar-refractivity contribution >= 4 is 28.6 Å². The van der Waals surface area contributed by atoms with Crippen LogP contribution in [0, 0.1) is 13.8 Å². The van der Waals surface area contributed by atoms with Crippen LogP contribution in [0.15, 0.2) is 55.1 Å². The Labute approximate surface area is 168 Å². The summed E-state index contributed by atoms with van der Waals surface area (Å²) in [6.07, 6.45) is 6.90. The number of aryl methyl sites for hydroxylation is 2. The number of fused-ring (bicyclic) bond motifs is 1. The second-order valence-corrected chi connectivity index (χ2v) is 7.12. The summed E-state index contributed by atoms with van der Waals surface area (Å²) in [6.45, 7) is 5.95. The summed E-state index contributed by atoms with van der Waals surface area (Å²) in [7, 11) is 0.